The number of benzene rings is 1. The minimum absolute atomic E-state index is 0.156. The van der Waals surface area contributed by atoms with E-state index < -0.39 is 0 Å². The molecule has 0 spiro atoms. The summed E-state index contributed by atoms with van der Waals surface area (Å²) in [6.45, 7) is 8.50. The monoisotopic (exact) mass is 249 g/mol. The lowest BCUT2D eigenvalue weighted by Crippen LogP contribution is -2.31. The van der Waals surface area contributed by atoms with Crippen LogP contribution >= 0.6 is 0 Å². The molecule has 0 amide bonds. The Hall–Kier alpha value is -1.55. The van der Waals surface area contributed by atoms with Gasteiger partial charge in [0.2, 0.25) is 0 Å². The molecule has 0 radical (unpaired) electrons. The molecule has 1 aromatic carbocycles. The third-order valence-electron chi connectivity index (χ3n) is 3.34. The van der Waals surface area contributed by atoms with E-state index in [0.29, 0.717) is 6.04 Å². The van der Waals surface area contributed by atoms with Crippen molar-refractivity contribution < 1.29 is 5.21 Å². The highest BCUT2D eigenvalue weighted by Gasteiger charge is 2.11. The van der Waals surface area contributed by atoms with Crippen LogP contribution in [0.25, 0.3) is 0 Å². The molecular weight excluding hydrogens is 226 g/mol. The highest BCUT2D eigenvalue weighted by molar-refractivity contribution is 5.97. The fraction of sp³-hybridized carbons (Fsp3) is 0.500. The average Bonchev–Trinajstić information content (AvgIpc) is 2.43. The predicted molar refractivity (Wildman–Crippen MR) is 74.8 cm³/mol. The van der Waals surface area contributed by atoms with Crippen molar-refractivity contribution in [2.24, 2.45) is 10.9 Å². The highest BCUT2D eigenvalue weighted by Crippen LogP contribution is 2.12. The second-order valence-corrected chi connectivity index (χ2v) is 4.51. The molecule has 0 aromatic heterocycles. The van der Waals surface area contributed by atoms with Crippen LogP contribution in [0, 0.1) is 0 Å². The second-order valence-electron chi connectivity index (χ2n) is 4.51. The van der Waals surface area contributed by atoms with Crippen molar-refractivity contribution >= 4 is 5.84 Å². The van der Waals surface area contributed by atoms with Crippen LogP contribution in [0.1, 0.15) is 38.3 Å². The summed E-state index contributed by atoms with van der Waals surface area (Å²) in [4.78, 5) is 2.41. The number of hydrogen-bond acceptors (Lipinski definition) is 3. The van der Waals surface area contributed by atoms with Gasteiger partial charge in [-0.2, -0.15) is 0 Å². The van der Waals surface area contributed by atoms with Crippen molar-refractivity contribution in [1.29, 1.82) is 0 Å². The summed E-state index contributed by atoms with van der Waals surface area (Å²) < 4.78 is 0. The summed E-state index contributed by atoms with van der Waals surface area (Å²) in [7, 11) is 0. The zero-order chi connectivity index (χ0) is 13.5. The average molecular weight is 249 g/mol. The summed E-state index contributed by atoms with van der Waals surface area (Å²) in [5.74, 6) is 0.156. The first kappa shape index (κ1) is 14.5. The molecule has 0 heterocycles. The zero-order valence-electron chi connectivity index (χ0n) is 11.4. The Balaban J connectivity index is 2.84. The lowest BCUT2D eigenvalue weighted by atomic mass is 10.1. The smallest absolute Gasteiger partial charge is 0.170 e. The standard InChI is InChI=1S/C14H23N3O/c1-4-11(3)17(5-2)10-12-7-6-8-13(9-12)14(15)16-18/h6-9,11,18H,4-5,10H2,1-3H3,(H2,15,16). The Labute approximate surface area is 109 Å². The van der Waals surface area contributed by atoms with Crippen molar-refractivity contribution in [3.05, 3.63) is 35.4 Å². The van der Waals surface area contributed by atoms with Crippen LogP contribution in [0.5, 0.6) is 0 Å². The zero-order valence-corrected chi connectivity index (χ0v) is 11.4. The molecule has 1 unspecified atom stereocenters. The molecule has 3 N–H and O–H groups in total. The van der Waals surface area contributed by atoms with Gasteiger partial charge in [-0.1, -0.05) is 37.2 Å². The number of nitrogens with two attached hydrogens (primary N) is 1. The fourth-order valence-electron chi connectivity index (χ4n) is 1.96. The predicted octanol–water partition coefficient (Wildman–Crippen LogP) is 2.40. The number of nitrogens with zero attached hydrogens (tertiary/aromatic N) is 2. The lowest BCUT2D eigenvalue weighted by molar-refractivity contribution is 0.206. The van der Waals surface area contributed by atoms with Gasteiger partial charge in [0.1, 0.15) is 0 Å². The van der Waals surface area contributed by atoms with Gasteiger partial charge in [0.25, 0.3) is 0 Å². The maximum absolute atomic E-state index is 8.69. The van der Waals surface area contributed by atoms with Gasteiger partial charge < -0.3 is 10.9 Å². The quantitative estimate of drug-likeness (QED) is 0.352. The third-order valence-corrected chi connectivity index (χ3v) is 3.34. The number of rotatable bonds is 6. The molecule has 0 aliphatic carbocycles. The van der Waals surface area contributed by atoms with E-state index in [4.69, 9.17) is 10.9 Å². The fourth-order valence-corrected chi connectivity index (χ4v) is 1.96. The van der Waals surface area contributed by atoms with Crippen LogP contribution in [0.3, 0.4) is 0 Å². The van der Waals surface area contributed by atoms with Crippen LogP contribution in [0.2, 0.25) is 0 Å². The van der Waals surface area contributed by atoms with Gasteiger partial charge in [-0.15, -0.1) is 0 Å². The molecule has 1 rings (SSSR count). The van der Waals surface area contributed by atoms with E-state index in [1.165, 1.54) is 5.56 Å². The molecule has 0 bridgehead atoms. The maximum atomic E-state index is 8.69. The molecule has 0 fully saturated rings. The molecule has 0 saturated carbocycles. The van der Waals surface area contributed by atoms with Gasteiger partial charge in [0.05, 0.1) is 0 Å². The maximum Gasteiger partial charge on any atom is 0.170 e. The van der Waals surface area contributed by atoms with Gasteiger partial charge in [-0.05, 0) is 31.5 Å². The Kier molecular flexibility index (Phi) is 5.65. The van der Waals surface area contributed by atoms with Crippen molar-refractivity contribution in [3.63, 3.8) is 0 Å². The van der Waals surface area contributed by atoms with Gasteiger partial charge in [0, 0.05) is 18.2 Å². The Morgan fingerprint density at radius 3 is 2.72 bits per heavy atom. The SMILES string of the molecule is CCC(C)N(CC)Cc1cccc(/C(N)=N/O)c1. The topological polar surface area (TPSA) is 61.8 Å². The van der Waals surface area contributed by atoms with E-state index >= 15 is 0 Å². The molecule has 0 saturated heterocycles. The molecule has 18 heavy (non-hydrogen) atoms. The van der Waals surface area contributed by atoms with E-state index in [9.17, 15) is 0 Å². The summed E-state index contributed by atoms with van der Waals surface area (Å²) in [6, 6.07) is 8.38. The Morgan fingerprint density at radius 1 is 1.44 bits per heavy atom. The first-order chi connectivity index (χ1) is 8.62. The van der Waals surface area contributed by atoms with Crippen molar-refractivity contribution in [1.82, 2.24) is 4.90 Å². The normalized spacial score (nSPS) is 13.9. The summed E-state index contributed by atoms with van der Waals surface area (Å²) in [5.41, 5.74) is 7.54. The summed E-state index contributed by atoms with van der Waals surface area (Å²) in [6.07, 6.45) is 1.13. The molecule has 100 valence electrons. The molecule has 0 aliphatic heterocycles. The second kappa shape index (κ2) is 7.01. The lowest BCUT2D eigenvalue weighted by Gasteiger charge is -2.27. The summed E-state index contributed by atoms with van der Waals surface area (Å²) in [5, 5.41) is 11.7. The number of oxime groups is 1. The van der Waals surface area contributed by atoms with E-state index in [1.807, 2.05) is 18.2 Å². The molecule has 4 heteroatoms. The summed E-state index contributed by atoms with van der Waals surface area (Å²) >= 11 is 0. The van der Waals surface area contributed by atoms with Gasteiger partial charge in [-0.3, -0.25) is 4.90 Å². The van der Waals surface area contributed by atoms with E-state index in [0.717, 1.165) is 25.1 Å². The first-order valence-electron chi connectivity index (χ1n) is 6.43. The van der Waals surface area contributed by atoms with Crippen molar-refractivity contribution in [2.75, 3.05) is 6.54 Å². The third kappa shape index (κ3) is 3.74. The van der Waals surface area contributed by atoms with Crippen LogP contribution in [0.4, 0.5) is 0 Å². The first-order valence-corrected chi connectivity index (χ1v) is 6.43. The van der Waals surface area contributed by atoms with Gasteiger partial charge in [0.15, 0.2) is 5.84 Å². The van der Waals surface area contributed by atoms with Crippen LogP contribution < -0.4 is 5.73 Å². The number of amidine groups is 1. The van der Waals surface area contributed by atoms with Crippen molar-refractivity contribution in [3.8, 4) is 0 Å². The van der Waals surface area contributed by atoms with Crippen molar-refractivity contribution in [2.45, 2.75) is 39.8 Å². The molecule has 0 aliphatic rings. The molecule has 1 aromatic rings. The molecule has 1 atom stereocenters. The largest absolute Gasteiger partial charge is 0.409 e. The minimum atomic E-state index is 0.156. The van der Waals surface area contributed by atoms with E-state index in [2.05, 4.69) is 36.9 Å². The van der Waals surface area contributed by atoms with Crippen LogP contribution in [-0.4, -0.2) is 28.5 Å². The minimum Gasteiger partial charge on any atom is -0.409 e. The molecular formula is C14H23N3O. The highest BCUT2D eigenvalue weighted by atomic mass is 16.4. The Bertz CT molecular complexity index is 404. The Morgan fingerprint density at radius 2 is 2.17 bits per heavy atom. The molecule has 4 nitrogen and oxygen atoms in total. The van der Waals surface area contributed by atoms with Gasteiger partial charge in [-0.25, -0.2) is 0 Å². The van der Waals surface area contributed by atoms with E-state index in [-0.39, 0.29) is 5.84 Å². The van der Waals surface area contributed by atoms with Crippen LogP contribution in [-0.2, 0) is 6.54 Å². The van der Waals surface area contributed by atoms with Gasteiger partial charge >= 0.3 is 0 Å². The van der Waals surface area contributed by atoms with Crippen LogP contribution in [0.15, 0.2) is 29.4 Å². The van der Waals surface area contributed by atoms with E-state index in [1.54, 1.807) is 0 Å². The number of hydrogen-bond donors (Lipinski definition) is 2.